The van der Waals surface area contributed by atoms with Crippen LogP contribution in [0.15, 0.2) is 41.8 Å². The minimum Gasteiger partial charge on any atom is -0.298 e. The van der Waals surface area contributed by atoms with Crippen molar-refractivity contribution in [3.8, 4) is 0 Å². The van der Waals surface area contributed by atoms with E-state index in [1.165, 1.54) is 29.5 Å². The molecule has 0 unspecified atom stereocenters. The van der Waals surface area contributed by atoms with Crippen molar-refractivity contribution in [1.82, 2.24) is 5.43 Å². The minimum atomic E-state index is -4.52. The number of ketones is 1. The van der Waals surface area contributed by atoms with Crippen LogP contribution in [0.4, 0.5) is 18.9 Å². The van der Waals surface area contributed by atoms with E-state index in [0.29, 0.717) is 4.88 Å². The molecule has 0 spiro atoms. The van der Waals surface area contributed by atoms with Crippen molar-refractivity contribution >= 4 is 28.7 Å². The van der Waals surface area contributed by atoms with E-state index in [-0.39, 0.29) is 24.3 Å². The Balaban J connectivity index is 1.87. The largest absolute Gasteiger partial charge is 0.418 e. The van der Waals surface area contributed by atoms with E-state index in [1.54, 1.807) is 17.5 Å². The van der Waals surface area contributed by atoms with Gasteiger partial charge in [-0.2, -0.15) is 13.2 Å². The van der Waals surface area contributed by atoms with E-state index in [2.05, 4.69) is 10.9 Å². The number of carbonyl (C=O) groups is 2. The third-order valence-electron chi connectivity index (χ3n) is 2.94. The molecule has 122 valence electrons. The van der Waals surface area contributed by atoms with Crippen molar-refractivity contribution in [3.05, 3.63) is 52.2 Å². The Morgan fingerprint density at radius 1 is 1.04 bits per heavy atom. The average Bonchev–Trinajstić information content (AvgIpc) is 3.04. The van der Waals surface area contributed by atoms with Gasteiger partial charge in [0.05, 0.1) is 16.1 Å². The van der Waals surface area contributed by atoms with E-state index in [0.717, 1.165) is 6.07 Å². The molecule has 0 saturated carbocycles. The van der Waals surface area contributed by atoms with E-state index in [9.17, 15) is 22.8 Å². The fraction of sp³-hybridized carbons (Fsp3) is 0.200. The second-order valence-corrected chi connectivity index (χ2v) is 5.56. The van der Waals surface area contributed by atoms with Crippen LogP contribution in [0.25, 0.3) is 0 Å². The zero-order chi connectivity index (χ0) is 16.9. The minimum absolute atomic E-state index is 0.00502. The molecule has 23 heavy (non-hydrogen) atoms. The van der Waals surface area contributed by atoms with Gasteiger partial charge in [0.15, 0.2) is 5.78 Å². The molecule has 0 radical (unpaired) electrons. The highest BCUT2D eigenvalue weighted by molar-refractivity contribution is 7.12. The summed E-state index contributed by atoms with van der Waals surface area (Å²) in [6.45, 7) is 0. The maximum Gasteiger partial charge on any atom is 0.418 e. The van der Waals surface area contributed by atoms with Gasteiger partial charge in [-0.15, -0.1) is 11.3 Å². The van der Waals surface area contributed by atoms with Crippen molar-refractivity contribution in [2.45, 2.75) is 19.0 Å². The lowest BCUT2D eigenvalue weighted by atomic mass is 10.2. The van der Waals surface area contributed by atoms with E-state index >= 15 is 0 Å². The fourth-order valence-electron chi connectivity index (χ4n) is 1.83. The van der Waals surface area contributed by atoms with Crippen LogP contribution < -0.4 is 10.9 Å². The summed E-state index contributed by atoms with van der Waals surface area (Å²) in [6, 6.07) is 8.19. The van der Waals surface area contributed by atoms with Gasteiger partial charge in [-0.3, -0.25) is 20.4 Å². The highest BCUT2D eigenvalue weighted by Gasteiger charge is 2.33. The lowest BCUT2D eigenvalue weighted by molar-refractivity contribution is -0.137. The molecule has 1 aromatic carbocycles. The number of hydrazine groups is 1. The standard InChI is InChI=1S/C15H13F3N2O2S/c16-15(17,18)10-4-1-2-5-11(10)19-20-14(22)8-7-12(21)13-6-3-9-23-13/h1-6,9,19H,7-8H2,(H,20,22). The van der Waals surface area contributed by atoms with Crippen molar-refractivity contribution in [1.29, 1.82) is 0 Å². The molecular weight excluding hydrogens is 329 g/mol. The summed E-state index contributed by atoms with van der Waals surface area (Å²) < 4.78 is 38.4. The molecular formula is C15H13F3N2O2S. The summed E-state index contributed by atoms with van der Waals surface area (Å²) in [5.41, 5.74) is 3.29. The van der Waals surface area contributed by atoms with Crippen LogP contribution in [-0.2, 0) is 11.0 Å². The highest BCUT2D eigenvalue weighted by atomic mass is 32.1. The fourth-order valence-corrected chi connectivity index (χ4v) is 2.52. The highest BCUT2D eigenvalue weighted by Crippen LogP contribution is 2.34. The smallest absolute Gasteiger partial charge is 0.298 e. The Hall–Kier alpha value is -2.35. The normalized spacial score (nSPS) is 11.1. The maximum absolute atomic E-state index is 12.8. The molecule has 0 aliphatic heterocycles. The first-order valence-electron chi connectivity index (χ1n) is 6.65. The third kappa shape index (κ3) is 4.82. The Morgan fingerprint density at radius 3 is 2.43 bits per heavy atom. The molecule has 2 aromatic rings. The lowest BCUT2D eigenvalue weighted by Crippen LogP contribution is -2.30. The van der Waals surface area contributed by atoms with Crippen molar-refractivity contribution in [2.75, 3.05) is 5.43 Å². The molecule has 2 N–H and O–H groups in total. The average molecular weight is 342 g/mol. The number of Topliss-reactive ketones (excluding diaryl/α,β-unsaturated/α-hetero) is 1. The van der Waals surface area contributed by atoms with Crippen LogP contribution in [0.1, 0.15) is 28.1 Å². The van der Waals surface area contributed by atoms with Gasteiger partial charge in [0.2, 0.25) is 5.91 Å². The van der Waals surface area contributed by atoms with Gasteiger partial charge >= 0.3 is 6.18 Å². The van der Waals surface area contributed by atoms with Crippen LogP contribution in [0, 0.1) is 0 Å². The molecule has 0 saturated heterocycles. The Bertz CT molecular complexity index is 684. The van der Waals surface area contributed by atoms with E-state index in [1.807, 2.05) is 0 Å². The molecule has 0 atom stereocenters. The monoisotopic (exact) mass is 342 g/mol. The summed E-state index contributed by atoms with van der Waals surface area (Å²) in [6.07, 6.45) is -4.64. The number of halogens is 3. The van der Waals surface area contributed by atoms with Crippen LogP contribution in [0.2, 0.25) is 0 Å². The second kappa shape index (κ2) is 7.28. The first-order chi connectivity index (χ1) is 10.9. The van der Waals surface area contributed by atoms with Gasteiger partial charge in [0.25, 0.3) is 0 Å². The molecule has 1 amide bonds. The van der Waals surface area contributed by atoms with Crippen LogP contribution in [0.5, 0.6) is 0 Å². The molecule has 1 aromatic heterocycles. The molecule has 2 rings (SSSR count). The molecule has 0 aliphatic rings. The Kier molecular flexibility index (Phi) is 5.38. The van der Waals surface area contributed by atoms with Gasteiger partial charge in [0, 0.05) is 12.8 Å². The molecule has 4 nitrogen and oxygen atoms in total. The van der Waals surface area contributed by atoms with E-state index in [4.69, 9.17) is 0 Å². The summed E-state index contributed by atoms with van der Waals surface area (Å²) >= 11 is 1.28. The number of amides is 1. The number of rotatable bonds is 6. The quantitative estimate of drug-likeness (QED) is 0.619. The number of hydrogen-bond acceptors (Lipinski definition) is 4. The number of hydrogen-bond donors (Lipinski definition) is 2. The molecule has 0 bridgehead atoms. The lowest BCUT2D eigenvalue weighted by Gasteiger charge is -2.14. The Labute approximate surface area is 134 Å². The molecule has 8 heteroatoms. The van der Waals surface area contributed by atoms with Gasteiger partial charge in [-0.1, -0.05) is 18.2 Å². The number of benzene rings is 1. The maximum atomic E-state index is 12.8. The number of nitrogens with one attached hydrogen (secondary N) is 2. The topological polar surface area (TPSA) is 58.2 Å². The summed E-state index contributed by atoms with van der Waals surface area (Å²) in [5.74, 6) is -0.738. The Morgan fingerprint density at radius 2 is 1.78 bits per heavy atom. The first kappa shape index (κ1) is 17.0. The van der Waals surface area contributed by atoms with E-state index < -0.39 is 17.6 Å². The zero-order valence-corrected chi connectivity index (χ0v) is 12.6. The third-order valence-corrected chi connectivity index (χ3v) is 3.86. The predicted molar refractivity (Wildman–Crippen MR) is 81.1 cm³/mol. The summed E-state index contributed by atoms with van der Waals surface area (Å²) in [4.78, 5) is 23.9. The summed E-state index contributed by atoms with van der Waals surface area (Å²) in [5, 5.41) is 1.75. The van der Waals surface area contributed by atoms with Gasteiger partial charge < -0.3 is 0 Å². The van der Waals surface area contributed by atoms with Crippen molar-refractivity contribution < 1.29 is 22.8 Å². The second-order valence-electron chi connectivity index (χ2n) is 4.62. The zero-order valence-electron chi connectivity index (χ0n) is 11.8. The van der Waals surface area contributed by atoms with Crippen LogP contribution in [0.3, 0.4) is 0 Å². The SMILES string of the molecule is O=C(CCC(=O)c1cccs1)NNc1ccccc1C(F)(F)F. The van der Waals surface area contributed by atoms with Gasteiger partial charge in [-0.25, -0.2) is 0 Å². The molecule has 0 fully saturated rings. The number of carbonyl (C=O) groups excluding carboxylic acids is 2. The summed E-state index contributed by atoms with van der Waals surface area (Å²) in [7, 11) is 0. The number of thiophene rings is 1. The van der Waals surface area contributed by atoms with Crippen molar-refractivity contribution in [3.63, 3.8) is 0 Å². The van der Waals surface area contributed by atoms with Crippen LogP contribution in [-0.4, -0.2) is 11.7 Å². The number of alkyl halides is 3. The number of anilines is 1. The van der Waals surface area contributed by atoms with Gasteiger partial charge in [-0.05, 0) is 23.6 Å². The predicted octanol–water partition coefficient (Wildman–Crippen LogP) is 3.87. The first-order valence-corrected chi connectivity index (χ1v) is 7.53. The van der Waals surface area contributed by atoms with Crippen molar-refractivity contribution in [2.24, 2.45) is 0 Å². The number of para-hydroxylation sites is 1. The van der Waals surface area contributed by atoms with Crippen LogP contribution >= 0.6 is 11.3 Å². The molecule has 0 aliphatic carbocycles. The molecule has 1 heterocycles. The van der Waals surface area contributed by atoms with Gasteiger partial charge in [0.1, 0.15) is 0 Å².